The normalized spacial score (nSPS) is 13.6. The molecule has 3 heteroatoms. The first-order valence-electron chi connectivity index (χ1n) is 12.1. The third kappa shape index (κ3) is 3.11. The number of para-hydroxylation sites is 1. The van der Waals surface area contributed by atoms with E-state index in [1.165, 1.54) is 37.6 Å². The fraction of sp³-hybridized carbons (Fsp3) is 0.194. The second kappa shape index (κ2) is 8.11. The minimum absolute atomic E-state index is 0.0671. The summed E-state index contributed by atoms with van der Waals surface area (Å²) in [6.45, 7) is 6.80. The maximum Gasteiger partial charge on any atom is 0.155 e. The standard InChI is InChI=1S/C31H28N2S/c1-4-31(5-2)26-14-10-9-13-24(26)25-17-16-22(19-27(25)31)28-20-33(23-11-7-6-8-12-23)30(32-28)29-18-15-21(3)34-29/h6-20H,4-5H2,1-3H3. The topological polar surface area (TPSA) is 17.8 Å². The van der Waals surface area contributed by atoms with E-state index in [1.807, 2.05) is 0 Å². The van der Waals surface area contributed by atoms with Crippen LogP contribution in [0.3, 0.4) is 0 Å². The number of rotatable bonds is 5. The molecule has 0 spiro atoms. The van der Waals surface area contributed by atoms with Crippen molar-refractivity contribution in [3.8, 4) is 38.8 Å². The Kier molecular flexibility index (Phi) is 5.04. The Morgan fingerprint density at radius 3 is 2.26 bits per heavy atom. The summed E-state index contributed by atoms with van der Waals surface area (Å²) in [6.07, 6.45) is 4.38. The number of hydrogen-bond donors (Lipinski definition) is 0. The molecular weight excluding hydrogens is 432 g/mol. The summed E-state index contributed by atoms with van der Waals surface area (Å²) in [6, 6.07) is 30.8. The van der Waals surface area contributed by atoms with Crippen LogP contribution in [0.25, 0.3) is 38.8 Å². The summed E-state index contributed by atoms with van der Waals surface area (Å²) in [5, 5.41) is 0. The van der Waals surface area contributed by atoms with E-state index < -0.39 is 0 Å². The van der Waals surface area contributed by atoms with E-state index in [0.717, 1.165) is 30.0 Å². The van der Waals surface area contributed by atoms with Gasteiger partial charge in [-0.2, -0.15) is 0 Å². The number of benzene rings is 3. The van der Waals surface area contributed by atoms with Crippen molar-refractivity contribution in [2.24, 2.45) is 0 Å². The van der Waals surface area contributed by atoms with Gasteiger partial charge < -0.3 is 0 Å². The van der Waals surface area contributed by atoms with Crippen molar-refractivity contribution in [3.63, 3.8) is 0 Å². The first-order valence-corrected chi connectivity index (χ1v) is 12.9. The van der Waals surface area contributed by atoms with E-state index in [1.54, 1.807) is 11.3 Å². The summed E-state index contributed by atoms with van der Waals surface area (Å²) in [7, 11) is 0. The number of aromatic nitrogens is 2. The summed E-state index contributed by atoms with van der Waals surface area (Å²) in [5.74, 6) is 1.00. The lowest BCUT2D eigenvalue weighted by Gasteiger charge is -2.29. The van der Waals surface area contributed by atoms with Gasteiger partial charge in [-0.05, 0) is 72.4 Å². The zero-order chi connectivity index (χ0) is 23.3. The maximum atomic E-state index is 5.19. The van der Waals surface area contributed by atoms with Crippen LogP contribution >= 0.6 is 11.3 Å². The van der Waals surface area contributed by atoms with Crippen LogP contribution < -0.4 is 0 Å². The van der Waals surface area contributed by atoms with Gasteiger partial charge in [0.1, 0.15) is 0 Å². The molecule has 6 rings (SSSR count). The van der Waals surface area contributed by atoms with Crippen LogP contribution in [-0.2, 0) is 5.41 Å². The van der Waals surface area contributed by atoms with Gasteiger partial charge in [0.2, 0.25) is 0 Å². The predicted molar refractivity (Wildman–Crippen MR) is 144 cm³/mol. The molecule has 0 saturated carbocycles. The largest absolute Gasteiger partial charge is 0.298 e. The van der Waals surface area contributed by atoms with Gasteiger partial charge in [-0.15, -0.1) is 11.3 Å². The first kappa shape index (κ1) is 21.1. The Morgan fingerprint density at radius 2 is 1.53 bits per heavy atom. The number of fused-ring (bicyclic) bond motifs is 3. The molecule has 1 aliphatic rings. The van der Waals surface area contributed by atoms with Gasteiger partial charge in [-0.3, -0.25) is 4.57 Å². The Morgan fingerprint density at radius 1 is 0.794 bits per heavy atom. The number of nitrogens with zero attached hydrogens (tertiary/aromatic N) is 2. The number of thiophene rings is 1. The van der Waals surface area contributed by atoms with E-state index in [4.69, 9.17) is 4.98 Å². The third-order valence-corrected chi connectivity index (χ3v) is 8.47. The van der Waals surface area contributed by atoms with Crippen molar-refractivity contribution < 1.29 is 0 Å². The van der Waals surface area contributed by atoms with E-state index in [0.29, 0.717) is 0 Å². The number of aryl methyl sites for hydroxylation is 1. The van der Waals surface area contributed by atoms with Crippen molar-refractivity contribution in [3.05, 3.63) is 107 Å². The predicted octanol–water partition coefficient (Wildman–Crippen LogP) is 8.66. The molecule has 0 N–H and O–H groups in total. The smallest absolute Gasteiger partial charge is 0.155 e. The summed E-state index contributed by atoms with van der Waals surface area (Å²) < 4.78 is 2.23. The molecule has 5 aromatic rings. The number of hydrogen-bond acceptors (Lipinski definition) is 2. The Hall–Kier alpha value is -3.43. The van der Waals surface area contributed by atoms with Crippen LogP contribution in [0, 0.1) is 6.92 Å². The lowest BCUT2D eigenvalue weighted by atomic mass is 9.73. The van der Waals surface area contributed by atoms with E-state index in [-0.39, 0.29) is 5.41 Å². The quantitative estimate of drug-likeness (QED) is 0.256. The summed E-state index contributed by atoms with van der Waals surface area (Å²) in [4.78, 5) is 7.68. The van der Waals surface area contributed by atoms with Gasteiger partial charge >= 0.3 is 0 Å². The molecule has 2 heterocycles. The lowest BCUT2D eigenvalue weighted by molar-refractivity contribution is 0.490. The second-order valence-corrected chi connectivity index (χ2v) is 10.4. The van der Waals surface area contributed by atoms with Crippen molar-refractivity contribution >= 4 is 11.3 Å². The van der Waals surface area contributed by atoms with Gasteiger partial charge in [0.05, 0.1) is 10.6 Å². The Balaban J connectivity index is 1.53. The lowest BCUT2D eigenvalue weighted by Crippen LogP contribution is -2.23. The molecule has 0 bridgehead atoms. The molecule has 0 saturated heterocycles. The maximum absolute atomic E-state index is 5.19. The average molecular weight is 461 g/mol. The van der Waals surface area contributed by atoms with Crippen LogP contribution in [0.5, 0.6) is 0 Å². The highest BCUT2D eigenvalue weighted by Crippen LogP contribution is 2.53. The highest BCUT2D eigenvalue weighted by molar-refractivity contribution is 7.15. The van der Waals surface area contributed by atoms with Crippen molar-refractivity contribution in [1.29, 1.82) is 0 Å². The van der Waals surface area contributed by atoms with Crippen molar-refractivity contribution in [2.45, 2.75) is 39.0 Å². The fourth-order valence-electron chi connectivity index (χ4n) is 5.66. The van der Waals surface area contributed by atoms with Crippen LogP contribution in [0.15, 0.2) is 91.1 Å². The Labute approximate surface area is 205 Å². The monoisotopic (exact) mass is 460 g/mol. The highest BCUT2D eigenvalue weighted by Gasteiger charge is 2.40. The molecule has 3 aromatic carbocycles. The van der Waals surface area contributed by atoms with Crippen molar-refractivity contribution in [1.82, 2.24) is 9.55 Å². The molecule has 168 valence electrons. The average Bonchev–Trinajstić information content (AvgIpc) is 3.59. The van der Waals surface area contributed by atoms with Crippen LogP contribution in [-0.4, -0.2) is 9.55 Å². The molecular formula is C31H28N2S. The van der Waals surface area contributed by atoms with Gasteiger partial charge in [-0.1, -0.05) is 68.4 Å². The van der Waals surface area contributed by atoms with Crippen molar-refractivity contribution in [2.75, 3.05) is 0 Å². The van der Waals surface area contributed by atoms with E-state index in [9.17, 15) is 0 Å². The molecule has 2 aromatic heterocycles. The van der Waals surface area contributed by atoms with Crippen LogP contribution in [0.4, 0.5) is 0 Å². The SMILES string of the molecule is CCC1(CC)c2ccccc2-c2ccc(-c3cn(-c4ccccc4)c(-c4ccc(C)s4)n3)cc21. The van der Waals surface area contributed by atoms with Gasteiger partial charge in [0.15, 0.2) is 5.82 Å². The summed E-state index contributed by atoms with van der Waals surface area (Å²) in [5.41, 5.74) is 9.07. The van der Waals surface area contributed by atoms with Crippen LogP contribution in [0.1, 0.15) is 42.7 Å². The third-order valence-electron chi connectivity index (χ3n) is 7.47. The molecule has 0 unspecified atom stereocenters. The zero-order valence-electron chi connectivity index (χ0n) is 19.9. The molecule has 0 atom stereocenters. The van der Waals surface area contributed by atoms with Gasteiger partial charge in [0, 0.05) is 27.7 Å². The fourth-order valence-corrected chi connectivity index (χ4v) is 6.51. The Bertz CT molecular complexity index is 1490. The molecule has 0 radical (unpaired) electrons. The molecule has 0 amide bonds. The van der Waals surface area contributed by atoms with Gasteiger partial charge in [-0.25, -0.2) is 4.98 Å². The highest BCUT2D eigenvalue weighted by atomic mass is 32.1. The molecule has 0 fully saturated rings. The minimum atomic E-state index is 0.0671. The van der Waals surface area contributed by atoms with E-state index >= 15 is 0 Å². The molecule has 0 aliphatic heterocycles. The number of imidazole rings is 1. The van der Waals surface area contributed by atoms with Crippen LogP contribution in [0.2, 0.25) is 0 Å². The minimum Gasteiger partial charge on any atom is -0.298 e. The summed E-state index contributed by atoms with van der Waals surface area (Å²) >= 11 is 1.79. The first-order chi connectivity index (χ1) is 16.6. The molecule has 2 nitrogen and oxygen atoms in total. The second-order valence-electron chi connectivity index (χ2n) is 9.16. The van der Waals surface area contributed by atoms with Gasteiger partial charge in [0.25, 0.3) is 0 Å². The zero-order valence-corrected chi connectivity index (χ0v) is 20.7. The molecule has 34 heavy (non-hydrogen) atoms. The van der Waals surface area contributed by atoms with E-state index in [2.05, 4.69) is 116 Å². The molecule has 1 aliphatic carbocycles.